The van der Waals surface area contributed by atoms with Gasteiger partial charge >= 0.3 is 0 Å². The van der Waals surface area contributed by atoms with E-state index in [-0.39, 0.29) is 5.91 Å². The van der Waals surface area contributed by atoms with Gasteiger partial charge < -0.3 is 5.32 Å². The van der Waals surface area contributed by atoms with Crippen LogP contribution in [-0.2, 0) is 11.2 Å². The third-order valence-corrected chi connectivity index (χ3v) is 2.67. The highest BCUT2D eigenvalue weighted by atomic mass is 35.5. The zero-order chi connectivity index (χ0) is 8.97. The molecule has 12 heavy (non-hydrogen) atoms. The molecule has 0 unspecified atom stereocenters. The lowest BCUT2D eigenvalue weighted by atomic mass is 10.3. The first-order valence-corrected chi connectivity index (χ1v) is 4.86. The molecule has 4 heteroatoms. The zero-order valence-corrected chi connectivity index (χ0v) is 8.34. The molecule has 0 saturated carbocycles. The summed E-state index contributed by atoms with van der Waals surface area (Å²) in [7, 11) is 0. The van der Waals surface area contributed by atoms with E-state index >= 15 is 0 Å². The van der Waals surface area contributed by atoms with Crippen LogP contribution in [0.15, 0.2) is 12.1 Å². The third-order valence-electron chi connectivity index (χ3n) is 1.37. The molecule has 0 bridgehead atoms. The Kier molecular flexibility index (Phi) is 3.56. The van der Waals surface area contributed by atoms with Gasteiger partial charge in [0.05, 0.1) is 4.34 Å². The number of hydrogen-bond acceptors (Lipinski definition) is 2. The van der Waals surface area contributed by atoms with Gasteiger partial charge in [-0.3, -0.25) is 4.79 Å². The topological polar surface area (TPSA) is 29.1 Å². The number of carbonyl (C=O) groups is 1. The van der Waals surface area contributed by atoms with Gasteiger partial charge in [-0.2, -0.15) is 0 Å². The first kappa shape index (κ1) is 9.55. The van der Waals surface area contributed by atoms with Crippen LogP contribution in [0.4, 0.5) is 0 Å². The molecule has 0 aromatic carbocycles. The Morgan fingerprint density at radius 3 is 2.92 bits per heavy atom. The van der Waals surface area contributed by atoms with Gasteiger partial charge in [0, 0.05) is 18.3 Å². The fraction of sp³-hybridized carbons (Fsp3) is 0.375. The molecular weight excluding hydrogens is 194 g/mol. The SMILES string of the molecule is CC(=O)NCCc1ccc(Cl)s1. The molecule has 1 rings (SSSR count). The Balaban J connectivity index is 2.29. The van der Waals surface area contributed by atoms with Crippen molar-refractivity contribution in [3.63, 3.8) is 0 Å². The lowest BCUT2D eigenvalue weighted by Crippen LogP contribution is -2.21. The summed E-state index contributed by atoms with van der Waals surface area (Å²) in [6, 6.07) is 3.85. The second kappa shape index (κ2) is 4.48. The first-order chi connectivity index (χ1) is 5.68. The van der Waals surface area contributed by atoms with Gasteiger partial charge in [0.25, 0.3) is 0 Å². The van der Waals surface area contributed by atoms with E-state index in [9.17, 15) is 4.79 Å². The fourth-order valence-electron chi connectivity index (χ4n) is 0.848. The Morgan fingerprint density at radius 1 is 1.67 bits per heavy atom. The van der Waals surface area contributed by atoms with Gasteiger partial charge in [0.2, 0.25) is 5.91 Å². The molecule has 0 atom stereocenters. The van der Waals surface area contributed by atoms with Crippen molar-refractivity contribution in [3.8, 4) is 0 Å². The van der Waals surface area contributed by atoms with Crippen molar-refractivity contribution in [2.75, 3.05) is 6.54 Å². The highest BCUT2D eigenvalue weighted by Crippen LogP contribution is 2.21. The Bertz CT molecular complexity index is 272. The van der Waals surface area contributed by atoms with E-state index < -0.39 is 0 Å². The average Bonchev–Trinajstić information content (AvgIpc) is 2.35. The molecule has 0 spiro atoms. The summed E-state index contributed by atoms with van der Waals surface area (Å²) in [5.74, 6) is 0.0117. The van der Waals surface area contributed by atoms with Gasteiger partial charge in [-0.15, -0.1) is 11.3 Å². The number of thiophene rings is 1. The van der Waals surface area contributed by atoms with Crippen LogP contribution in [0, 0.1) is 0 Å². The van der Waals surface area contributed by atoms with Gasteiger partial charge in [0.15, 0.2) is 0 Å². The van der Waals surface area contributed by atoms with Crippen LogP contribution < -0.4 is 5.32 Å². The van der Waals surface area contributed by atoms with Gasteiger partial charge in [-0.25, -0.2) is 0 Å². The van der Waals surface area contributed by atoms with E-state index in [1.165, 1.54) is 11.8 Å². The first-order valence-electron chi connectivity index (χ1n) is 3.67. The van der Waals surface area contributed by atoms with Gasteiger partial charge in [0.1, 0.15) is 0 Å². The molecule has 0 radical (unpaired) electrons. The number of rotatable bonds is 3. The lowest BCUT2D eigenvalue weighted by Gasteiger charge is -1.98. The Morgan fingerprint density at radius 2 is 2.42 bits per heavy atom. The number of amides is 1. The molecule has 1 amide bonds. The number of halogens is 1. The molecule has 1 N–H and O–H groups in total. The van der Waals surface area contributed by atoms with E-state index in [0.29, 0.717) is 6.54 Å². The van der Waals surface area contributed by atoms with E-state index in [1.54, 1.807) is 11.3 Å². The maximum atomic E-state index is 10.5. The number of nitrogens with one attached hydrogen (secondary N) is 1. The lowest BCUT2D eigenvalue weighted by molar-refractivity contribution is -0.118. The summed E-state index contributed by atoms with van der Waals surface area (Å²) in [4.78, 5) is 11.7. The number of hydrogen-bond donors (Lipinski definition) is 1. The quantitative estimate of drug-likeness (QED) is 0.801. The monoisotopic (exact) mass is 203 g/mol. The van der Waals surface area contributed by atoms with E-state index in [2.05, 4.69) is 5.32 Å². The minimum atomic E-state index is 0.0117. The zero-order valence-electron chi connectivity index (χ0n) is 6.76. The van der Waals surface area contributed by atoms with Crippen molar-refractivity contribution < 1.29 is 4.79 Å². The second-order valence-corrected chi connectivity index (χ2v) is 4.24. The van der Waals surface area contributed by atoms with Crippen LogP contribution in [0.3, 0.4) is 0 Å². The largest absolute Gasteiger partial charge is 0.356 e. The summed E-state index contributed by atoms with van der Waals surface area (Å²) in [6.45, 7) is 2.20. The van der Waals surface area contributed by atoms with Crippen LogP contribution in [0.2, 0.25) is 4.34 Å². The predicted octanol–water partition coefficient (Wildman–Crippen LogP) is 2.08. The molecule has 0 aliphatic carbocycles. The normalized spacial score (nSPS) is 9.83. The standard InChI is InChI=1S/C8H10ClNOS/c1-6(11)10-5-4-7-2-3-8(9)12-7/h2-3H,4-5H2,1H3,(H,10,11). The Hall–Kier alpha value is -0.540. The van der Waals surface area contributed by atoms with Crippen LogP contribution in [-0.4, -0.2) is 12.5 Å². The third kappa shape index (κ3) is 3.24. The minimum absolute atomic E-state index is 0.0117. The van der Waals surface area contributed by atoms with Crippen molar-refractivity contribution in [2.24, 2.45) is 0 Å². The fourth-order valence-corrected chi connectivity index (χ4v) is 1.93. The van der Waals surface area contributed by atoms with Gasteiger partial charge in [-0.05, 0) is 18.6 Å². The minimum Gasteiger partial charge on any atom is -0.356 e. The summed E-state index contributed by atoms with van der Waals surface area (Å²) in [5, 5.41) is 2.73. The summed E-state index contributed by atoms with van der Waals surface area (Å²) in [5.41, 5.74) is 0. The molecule has 0 aliphatic heterocycles. The molecule has 1 aromatic heterocycles. The smallest absolute Gasteiger partial charge is 0.216 e. The molecule has 2 nitrogen and oxygen atoms in total. The molecule has 66 valence electrons. The van der Waals surface area contributed by atoms with Crippen LogP contribution in [0.5, 0.6) is 0 Å². The van der Waals surface area contributed by atoms with E-state index in [0.717, 1.165) is 10.8 Å². The molecule has 1 heterocycles. The van der Waals surface area contributed by atoms with Gasteiger partial charge in [-0.1, -0.05) is 11.6 Å². The molecule has 1 aromatic rings. The molecular formula is C8H10ClNOS. The summed E-state index contributed by atoms with van der Waals surface area (Å²) < 4.78 is 0.799. The van der Waals surface area contributed by atoms with Crippen LogP contribution in [0.1, 0.15) is 11.8 Å². The van der Waals surface area contributed by atoms with Crippen molar-refractivity contribution >= 4 is 28.8 Å². The second-order valence-electron chi connectivity index (χ2n) is 2.44. The number of carbonyl (C=O) groups excluding carboxylic acids is 1. The highest BCUT2D eigenvalue weighted by molar-refractivity contribution is 7.16. The van der Waals surface area contributed by atoms with Crippen molar-refractivity contribution in [1.29, 1.82) is 0 Å². The van der Waals surface area contributed by atoms with E-state index in [1.807, 2.05) is 12.1 Å². The van der Waals surface area contributed by atoms with Crippen molar-refractivity contribution in [3.05, 3.63) is 21.3 Å². The maximum Gasteiger partial charge on any atom is 0.216 e. The molecule has 0 saturated heterocycles. The summed E-state index contributed by atoms with van der Waals surface area (Å²) in [6.07, 6.45) is 0.858. The van der Waals surface area contributed by atoms with Crippen LogP contribution >= 0.6 is 22.9 Å². The van der Waals surface area contributed by atoms with Crippen molar-refractivity contribution in [1.82, 2.24) is 5.32 Å². The highest BCUT2D eigenvalue weighted by Gasteiger charge is 1.97. The Labute approximate surface area is 80.5 Å². The molecule has 0 aliphatic rings. The summed E-state index contributed by atoms with van der Waals surface area (Å²) >= 11 is 7.29. The van der Waals surface area contributed by atoms with Crippen LogP contribution in [0.25, 0.3) is 0 Å². The maximum absolute atomic E-state index is 10.5. The predicted molar refractivity (Wildman–Crippen MR) is 51.7 cm³/mol. The van der Waals surface area contributed by atoms with E-state index in [4.69, 9.17) is 11.6 Å². The average molecular weight is 204 g/mol. The van der Waals surface area contributed by atoms with Crippen molar-refractivity contribution in [2.45, 2.75) is 13.3 Å². The molecule has 0 fully saturated rings.